The highest BCUT2D eigenvalue weighted by atomic mass is 16.2. The van der Waals surface area contributed by atoms with E-state index in [0.717, 1.165) is 11.1 Å². The Balaban J connectivity index is 2.37. The smallest absolute Gasteiger partial charge is 0.315 e. The van der Waals surface area contributed by atoms with Crippen molar-refractivity contribution >= 4 is 11.9 Å². The summed E-state index contributed by atoms with van der Waals surface area (Å²) in [7, 11) is 0. The standard InChI is InChI=1S/C11H13N3O2/c12-10(15)9-5-7-3-1-2-4-8(7)6-14(9)11(13)16/h1-4,9H,5-6H2,(H2,12,15)(H2,13,16). The second kappa shape index (κ2) is 3.84. The maximum absolute atomic E-state index is 11.3. The van der Waals surface area contributed by atoms with Gasteiger partial charge in [-0.05, 0) is 11.1 Å². The normalized spacial score (nSPS) is 19.0. The van der Waals surface area contributed by atoms with Crippen LogP contribution in [0.4, 0.5) is 4.79 Å². The minimum Gasteiger partial charge on any atom is -0.368 e. The van der Waals surface area contributed by atoms with Crippen molar-refractivity contribution in [1.82, 2.24) is 4.90 Å². The summed E-state index contributed by atoms with van der Waals surface area (Å²) in [6.45, 7) is 0.346. The second-order valence-corrected chi connectivity index (χ2v) is 3.86. The van der Waals surface area contributed by atoms with E-state index in [1.54, 1.807) is 0 Å². The zero-order valence-corrected chi connectivity index (χ0v) is 8.72. The van der Waals surface area contributed by atoms with Gasteiger partial charge in [-0.2, -0.15) is 0 Å². The summed E-state index contributed by atoms with van der Waals surface area (Å²) in [6, 6.07) is 6.40. The van der Waals surface area contributed by atoms with E-state index in [4.69, 9.17) is 11.5 Å². The number of nitrogens with zero attached hydrogens (tertiary/aromatic N) is 1. The third-order valence-corrected chi connectivity index (χ3v) is 2.86. The molecule has 2 rings (SSSR count). The van der Waals surface area contributed by atoms with Crippen LogP contribution in [0.25, 0.3) is 0 Å². The van der Waals surface area contributed by atoms with Gasteiger partial charge in [0, 0.05) is 13.0 Å². The Hall–Kier alpha value is -2.04. The summed E-state index contributed by atoms with van der Waals surface area (Å²) in [6.07, 6.45) is 0.439. The minimum atomic E-state index is -0.632. The van der Waals surface area contributed by atoms with Crippen molar-refractivity contribution in [3.63, 3.8) is 0 Å². The molecule has 84 valence electrons. The number of benzene rings is 1. The first-order chi connectivity index (χ1) is 7.59. The van der Waals surface area contributed by atoms with E-state index in [1.165, 1.54) is 4.90 Å². The van der Waals surface area contributed by atoms with Crippen molar-refractivity contribution in [1.29, 1.82) is 0 Å². The van der Waals surface area contributed by atoms with Crippen LogP contribution in [0.2, 0.25) is 0 Å². The lowest BCUT2D eigenvalue weighted by Gasteiger charge is -2.33. The molecule has 0 spiro atoms. The number of amides is 3. The van der Waals surface area contributed by atoms with Crippen LogP contribution in [0.15, 0.2) is 24.3 Å². The molecule has 1 aromatic carbocycles. The second-order valence-electron chi connectivity index (χ2n) is 3.86. The van der Waals surface area contributed by atoms with Gasteiger partial charge in [0.1, 0.15) is 6.04 Å². The van der Waals surface area contributed by atoms with E-state index in [2.05, 4.69) is 0 Å². The van der Waals surface area contributed by atoms with Gasteiger partial charge in [-0.25, -0.2) is 4.79 Å². The predicted octanol–water partition coefficient (Wildman–Crippen LogP) is -0.0227. The highest BCUT2D eigenvalue weighted by Crippen LogP contribution is 2.22. The number of fused-ring (bicyclic) bond motifs is 1. The molecule has 0 bridgehead atoms. The molecule has 1 heterocycles. The number of hydrogen-bond acceptors (Lipinski definition) is 2. The predicted molar refractivity (Wildman–Crippen MR) is 58.3 cm³/mol. The summed E-state index contributed by atoms with van der Waals surface area (Å²) < 4.78 is 0. The van der Waals surface area contributed by atoms with Gasteiger partial charge in [0.15, 0.2) is 0 Å². The van der Waals surface area contributed by atoms with Crippen molar-refractivity contribution < 1.29 is 9.59 Å². The lowest BCUT2D eigenvalue weighted by molar-refractivity contribution is -0.122. The van der Waals surface area contributed by atoms with E-state index in [1.807, 2.05) is 24.3 Å². The molecule has 1 aliphatic rings. The number of primary amides is 2. The summed E-state index contributed by atoms with van der Waals surface area (Å²) in [5.74, 6) is -0.520. The SMILES string of the molecule is NC(=O)C1Cc2ccccc2CN1C(N)=O. The highest BCUT2D eigenvalue weighted by molar-refractivity contribution is 5.86. The Labute approximate surface area is 93.0 Å². The zero-order valence-electron chi connectivity index (χ0n) is 8.72. The number of rotatable bonds is 1. The average molecular weight is 219 g/mol. The van der Waals surface area contributed by atoms with Gasteiger partial charge in [-0.3, -0.25) is 4.79 Å². The molecule has 1 unspecified atom stereocenters. The number of carbonyl (C=O) groups excluding carboxylic acids is 2. The monoisotopic (exact) mass is 219 g/mol. The molecule has 0 aliphatic carbocycles. The van der Waals surface area contributed by atoms with E-state index in [9.17, 15) is 9.59 Å². The quantitative estimate of drug-likeness (QED) is 0.695. The van der Waals surface area contributed by atoms with Crippen molar-refractivity contribution in [3.8, 4) is 0 Å². The fourth-order valence-corrected chi connectivity index (χ4v) is 2.01. The summed E-state index contributed by atoms with van der Waals surface area (Å²) in [5, 5.41) is 0. The van der Waals surface area contributed by atoms with E-state index in [0.29, 0.717) is 13.0 Å². The first kappa shape index (κ1) is 10.5. The third kappa shape index (κ3) is 1.71. The van der Waals surface area contributed by atoms with Gasteiger partial charge in [-0.15, -0.1) is 0 Å². The van der Waals surface area contributed by atoms with Crippen LogP contribution in [-0.4, -0.2) is 22.9 Å². The largest absolute Gasteiger partial charge is 0.368 e. The Morgan fingerprint density at radius 3 is 2.38 bits per heavy atom. The zero-order chi connectivity index (χ0) is 11.7. The van der Waals surface area contributed by atoms with Crippen molar-refractivity contribution in [3.05, 3.63) is 35.4 Å². The first-order valence-corrected chi connectivity index (χ1v) is 5.02. The first-order valence-electron chi connectivity index (χ1n) is 5.02. The molecule has 16 heavy (non-hydrogen) atoms. The fraction of sp³-hybridized carbons (Fsp3) is 0.273. The maximum atomic E-state index is 11.3. The van der Waals surface area contributed by atoms with Crippen LogP contribution in [0.5, 0.6) is 0 Å². The van der Waals surface area contributed by atoms with Gasteiger partial charge in [0.2, 0.25) is 5.91 Å². The molecule has 0 saturated carbocycles. The molecule has 3 amide bonds. The number of urea groups is 1. The molecule has 0 fully saturated rings. The van der Waals surface area contributed by atoms with E-state index >= 15 is 0 Å². The molecular weight excluding hydrogens is 206 g/mol. The van der Waals surface area contributed by atoms with Crippen molar-refractivity contribution in [2.75, 3.05) is 0 Å². The lowest BCUT2D eigenvalue weighted by Crippen LogP contribution is -2.52. The molecule has 1 aliphatic heterocycles. The molecule has 0 aromatic heterocycles. The van der Waals surface area contributed by atoms with Gasteiger partial charge in [0.25, 0.3) is 0 Å². The van der Waals surface area contributed by atoms with Crippen LogP contribution in [0.3, 0.4) is 0 Å². The molecule has 5 heteroatoms. The van der Waals surface area contributed by atoms with Crippen LogP contribution in [-0.2, 0) is 17.8 Å². The molecular formula is C11H13N3O2. The summed E-state index contributed by atoms with van der Waals surface area (Å²) in [5.41, 5.74) is 12.6. The van der Waals surface area contributed by atoms with Gasteiger partial charge >= 0.3 is 6.03 Å². The fourth-order valence-electron chi connectivity index (χ4n) is 2.01. The third-order valence-electron chi connectivity index (χ3n) is 2.86. The number of carbonyl (C=O) groups is 2. The Bertz CT molecular complexity index is 404. The lowest BCUT2D eigenvalue weighted by atomic mass is 9.94. The van der Waals surface area contributed by atoms with Crippen molar-refractivity contribution in [2.45, 2.75) is 19.0 Å². The minimum absolute atomic E-state index is 0.346. The van der Waals surface area contributed by atoms with E-state index < -0.39 is 18.0 Å². The molecule has 4 N–H and O–H groups in total. The van der Waals surface area contributed by atoms with Gasteiger partial charge < -0.3 is 16.4 Å². The van der Waals surface area contributed by atoms with Crippen LogP contribution < -0.4 is 11.5 Å². The molecule has 1 aromatic rings. The van der Waals surface area contributed by atoms with Crippen LogP contribution >= 0.6 is 0 Å². The van der Waals surface area contributed by atoms with Crippen LogP contribution in [0.1, 0.15) is 11.1 Å². The summed E-state index contributed by atoms with van der Waals surface area (Å²) in [4.78, 5) is 23.8. The molecule has 0 radical (unpaired) electrons. The van der Waals surface area contributed by atoms with Gasteiger partial charge in [-0.1, -0.05) is 24.3 Å². The summed E-state index contributed by atoms with van der Waals surface area (Å²) >= 11 is 0. The van der Waals surface area contributed by atoms with Crippen molar-refractivity contribution in [2.24, 2.45) is 11.5 Å². The Morgan fingerprint density at radius 1 is 1.19 bits per heavy atom. The Morgan fingerprint density at radius 2 is 1.81 bits per heavy atom. The number of hydrogen-bond donors (Lipinski definition) is 2. The average Bonchev–Trinajstić information content (AvgIpc) is 2.27. The maximum Gasteiger partial charge on any atom is 0.315 e. The molecule has 1 atom stereocenters. The molecule has 0 saturated heterocycles. The van der Waals surface area contributed by atoms with Gasteiger partial charge in [0.05, 0.1) is 0 Å². The highest BCUT2D eigenvalue weighted by Gasteiger charge is 2.31. The van der Waals surface area contributed by atoms with E-state index in [-0.39, 0.29) is 0 Å². The Kier molecular flexibility index (Phi) is 2.52. The van der Waals surface area contributed by atoms with Crippen LogP contribution in [0, 0.1) is 0 Å². The molecule has 5 nitrogen and oxygen atoms in total. The number of nitrogens with two attached hydrogens (primary N) is 2. The topological polar surface area (TPSA) is 89.4 Å².